The topological polar surface area (TPSA) is 59.5 Å². The van der Waals surface area contributed by atoms with Gasteiger partial charge in [0.05, 0.1) is 5.39 Å². The molecule has 0 spiro atoms. The van der Waals surface area contributed by atoms with Gasteiger partial charge in [-0.15, -0.1) is 18.3 Å². The van der Waals surface area contributed by atoms with E-state index in [2.05, 4.69) is 11.7 Å². The lowest BCUT2D eigenvalue weighted by atomic mass is 10.3. The molecule has 3 rings (SSSR count). The van der Waals surface area contributed by atoms with E-state index < -0.39 is 0 Å². The molecule has 118 valence electrons. The lowest BCUT2D eigenvalue weighted by Crippen LogP contribution is -2.22. The number of hydrogen-bond donors (Lipinski definition) is 1. The summed E-state index contributed by atoms with van der Waals surface area (Å²) in [6.07, 6.45) is 3.81. The third kappa shape index (κ3) is 2.82. The van der Waals surface area contributed by atoms with Gasteiger partial charge in [0.25, 0.3) is 0 Å². The molecule has 3 aromatic rings. The monoisotopic (exact) mass is 343 g/mol. The first-order chi connectivity index (χ1) is 11.2. The zero-order valence-electron chi connectivity index (χ0n) is 13.0. The largest absolute Gasteiger partial charge is 0.283 e. The molecule has 0 radical (unpaired) electrons. The molecular formula is C16H17N5S2. The molecule has 5 nitrogen and oxygen atoms in total. The van der Waals surface area contributed by atoms with Crippen molar-refractivity contribution in [3.63, 3.8) is 0 Å². The number of para-hydroxylation sites is 1. The Balaban J connectivity index is 2.37. The SMILES string of the molecule is C=CCSc1nc2c(c(SC)nn2C)c(=N)n1-c1ccccc1. The Hall–Kier alpha value is -1.99. The molecule has 0 saturated carbocycles. The van der Waals surface area contributed by atoms with Crippen LogP contribution in [0.5, 0.6) is 0 Å². The fraction of sp³-hybridized carbons (Fsp3) is 0.188. The van der Waals surface area contributed by atoms with Gasteiger partial charge in [-0.2, -0.15) is 5.10 Å². The van der Waals surface area contributed by atoms with Gasteiger partial charge in [0.15, 0.2) is 10.8 Å². The quantitative estimate of drug-likeness (QED) is 0.439. The second-order valence-electron chi connectivity index (χ2n) is 4.85. The zero-order chi connectivity index (χ0) is 16.4. The highest BCUT2D eigenvalue weighted by Crippen LogP contribution is 2.25. The maximum absolute atomic E-state index is 8.73. The Kier molecular flexibility index (Phi) is 4.58. The maximum Gasteiger partial charge on any atom is 0.176 e. The Bertz CT molecular complexity index is 912. The predicted molar refractivity (Wildman–Crippen MR) is 96.4 cm³/mol. The van der Waals surface area contributed by atoms with Crippen molar-refractivity contribution in [2.75, 3.05) is 12.0 Å². The minimum atomic E-state index is 0.408. The normalized spacial score (nSPS) is 11.0. The average molecular weight is 343 g/mol. The summed E-state index contributed by atoms with van der Waals surface area (Å²) in [5.41, 5.74) is 2.07. The highest BCUT2D eigenvalue weighted by molar-refractivity contribution is 7.99. The number of aromatic nitrogens is 4. The maximum atomic E-state index is 8.73. The molecule has 0 amide bonds. The van der Waals surface area contributed by atoms with Crippen LogP contribution in [0, 0.1) is 5.41 Å². The highest BCUT2D eigenvalue weighted by Gasteiger charge is 2.17. The molecule has 0 saturated heterocycles. The van der Waals surface area contributed by atoms with Crippen LogP contribution in [0.25, 0.3) is 16.7 Å². The van der Waals surface area contributed by atoms with E-state index in [1.54, 1.807) is 16.4 Å². The Labute approximate surface area is 142 Å². The Morgan fingerprint density at radius 2 is 2.04 bits per heavy atom. The van der Waals surface area contributed by atoms with E-state index >= 15 is 0 Å². The molecule has 0 aliphatic rings. The molecule has 0 fully saturated rings. The first-order valence-corrected chi connectivity index (χ1v) is 9.26. The standard InChI is InChI=1S/C16H17N5S2/c1-4-10-23-16-18-14-12(15(22-3)19-20(14)2)13(17)21(16)11-8-6-5-7-9-11/h4-9,17H,1,10H2,2-3H3. The van der Waals surface area contributed by atoms with Crippen LogP contribution in [-0.2, 0) is 7.05 Å². The average Bonchev–Trinajstić information content (AvgIpc) is 2.90. The van der Waals surface area contributed by atoms with E-state index in [1.807, 2.05) is 54.3 Å². The van der Waals surface area contributed by atoms with Crippen LogP contribution in [-0.4, -0.2) is 31.3 Å². The molecule has 1 aromatic carbocycles. The van der Waals surface area contributed by atoms with E-state index in [0.717, 1.165) is 32.7 Å². The van der Waals surface area contributed by atoms with Gasteiger partial charge in [0.2, 0.25) is 0 Å². The van der Waals surface area contributed by atoms with Crippen molar-refractivity contribution < 1.29 is 0 Å². The van der Waals surface area contributed by atoms with Crippen LogP contribution in [0.2, 0.25) is 0 Å². The zero-order valence-corrected chi connectivity index (χ0v) is 14.6. The first kappa shape index (κ1) is 15.9. The van der Waals surface area contributed by atoms with Gasteiger partial charge in [0, 0.05) is 18.5 Å². The summed E-state index contributed by atoms with van der Waals surface area (Å²) >= 11 is 3.09. The number of benzene rings is 1. The van der Waals surface area contributed by atoms with Crippen LogP contribution in [0.3, 0.4) is 0 Å². The van der Waals surface area contributed by atoms with Gasteiger partial charge >= 0.3 is 0 Å². The number of fused-ring (bicyclic) bond motifs is 1. The van der Waals surface area contributed by atoms with Crippen molar-refractivity contribution in [1.29, 1.82) is 5.41 Å². The third-order valence-corrected chi connectivity index (χ3v) is 4.98. The second kappa shape index (κ2) is 6.64. The molecule has 2 aromatic heterocycles. The predicted octanol–water partition coefficient (Wildman–Crippen LogP) is 3.24. The van der Waals surface area contributed by atoms with Crippen LogP contribution in [0.4, 0.5) is 0 Å². The summed E-state index contributed by atoms with van der Waals surface area (Å²) in [6, 6.07) is 9.87. The van der Waals surface area contributed by atoms with Gasteiger partial charge in [0.1, 0.15) is 10.5 Å². The van der Waals surface area contributed by atoms with Gasteiger partial charge in [-0.1, -0.05) is 36.0 Å². The molecule has 2 heterocycles. The van der Waals surface area contributed by atoms with E-state index in [1.165, 1.54) is 11.8 Å². The summed E-state index contributed by atoms with van der Waals surface area (Å²) in [4.78, 5) is 4.76. The molecule has 0 unspecified atom stereocenters. The number of nitrogens with zero attached hydrogens (tertiary/aromatic N) is 4. The highest BCUT2D eigenvalue weighted by atomic mass is 32.2. The van der Waals surface area contributed by atoms with E-state index in [9.17, 15) is 0 Å². The molecule has 0 aliphatic heterocycles. The number of hydrogen-bond acceptors (Lipinski definition) is 5. The number of thioether (sulfide) groups is 2. The Morgan fingerprint density at radius 1 is 1.30 bits per heavy atom. The fourth-order valence-corrected chi connectivity index (χ4v) is 3.70. The molecule has 0 aliphatic carbocycles. The van der Waals surface area contributed by atoms with E-state index in [0.29, 0.717) is 5.49 Å². The Morgan fingerprint density at radius 3 is 2.70 bits per heavy atom. The smallest absolute Gasteiger partial charge is 0.176 e. The van der Waals surface area contributed by atoms with E-state index in [4.69, 9.17) is 10.4 Å². The first-order valence-electron chi connectivity index (χ1n) is 7.04. The fourth-order valence-electron chi connectivity index (χ4n) is 2.36. The number of nitrogens with one attached hydrogen (secondary N) is 1. The van der Waals surface area contributed by atoms with Crippen LogP contribution in [0.15, 0.2) is 53.2 Å². The van der Waals surface area contributed by atoms with Crippen molar-refractivity contribution in [3.8, 4) is 5.69 Å². The van der Waals surface area contributed by atoms with Crippen LogP contribution in [0.1, 0.15) is 0 Å². The lowest BCUT2D eigenvalue weighted by molar-refractivity contribution is 0.737. The lowest BCUT2D eigenvalue weighted by Gasteiger charge is -2.13. The van der Waals surface area contributed by atoms with Crippen LogP contribution >= 0.6 is 23.5 Å². The molecule has 23 heavy (non-hydrogen) atoms. The number of aryl methyl sites for hydroxylation is 1. The van der Waals surface area contributed by atoms with Crippen LogP contribution < -0.4 is 5.49 Å². The van der Waals surface area contributed by atoms with Crippen molar-refractivity contribution >= 4 is 34.6 Å². The van der Waals surface area contributed by atoms with Crippen molar-refractivity contribution in [2.45, 2.75) is 10.2 Å². The summed E-state index contributed by atoms with van der Waals surface area (Å²) < 4.78 is 3.62. The van der Waals surface area contributed by atoms with Gasteiger partial charge < -0.3 is 0 Å². The van der Waals surface area contributed by atoms with Crippen molar-refractivity contribution in [2.24, 2.45) is 7.05 Å². The third-order valence-electron chi connectivity index (χ3n) is 3.38. The molecule has 7 heteroatoms. The molecule has 0 bridgehead atoms. The van der Waals surface area contributed by atoms with E-state index in [-0.39, 0.29) is 0 Å². The summed E-state index contributed by atoms with van der Waals surface area (Å²) in [5.74, 6) is 0.734. The minimum absolute atomic E-state index is 0.408. The summed E-state index contributed by atoms with van der Waals surface area (Å²) in [5, 5.41) is 15.6. The van der Waals surface area contributed by atoms with Crippen molar-refractivity contribution in [1.82, 2.24) is 19.3 Å². The minimum Gasteiger partial charge on any atom is -0.283 e. The van der Waals surface area contributed by atoms with Gasteiger partial charge in [-0.3, -0.25) is 9.98 Å². The van der Waals surface area contributed by atoms with Crippen molar-refractivity contribution in [3.05, 3.63) is 48.5 Å². The molecular weight excluding hydrogens is 326 g/mol. The second-order valence-corrected chi connectivity index (χ2v) is 6.63. The number of rotatable bonds is 5. The summed E-state index contributed by atoms with van der Waals surface area (Å²) in [7, 11) is 1.86. The van der Waals surface area contributed by atoms with Gasteiger partial charge in [-0.25, -0.2) is 9.67 Å². The summed E-state index contributed by atoms with van der Waals surface area (Å²) in [6.45, 7) is 3.77. The molecule has 1 N–H and O–H groups in total. The van der Waals surface area contributed by atoms with Gasteiger partial charge in [-0.05, 0) is 18.4 Å². The molecule has 0 atom stereocenters.